The average Bonchev–Trinajstić information content (AvgIpc) is 3.44. The van der Waals surface area contributed by atoms with E-state index in [2.05, 4.69) is 10.1 Å². The van der Waals surface area contributed by atoms with Gasteiger partial charge in [-0.05, 0) is 49.2 Å². The third kappa shape index (κ3) is 5.16. The van der Waals surface area contributed by atoms with E-state index < -0.39 is 27.4 Å². The Bertz CT molecular complexity index is 1130. The number of halogens is 2. The van der Waals surface area contributed by atoms with Gasteiger partial charge < -0.3 is 0 Å². The largest absolute Gasteiger partial charge is 0.271 e. The lowest BCUT2D eigenvalue weighted by molar-refractivity contribution is 0.305. The van der Waals surface area contributed by atoms with Gasteiger partial charge in [-0.2, -0.15) is 9.40 Å². The van der Waals surface area contributed by atoms with Crippen LogP contribution in [0.4, 0.5) is 8.78 Å². The van der Waals surface area contributed by atoms with E-state index >= 15 is 0 Å². The monoisotopic (exact) mass is 446 g/mol. The molecule has 1 aliphatic rings. The first kappa shape index (κ1) is 21.6. The molecule has 3 aromatic rings. The van der Waals surface area contributed by atoms with Crippen LogP contribution in [-0.4, -0.2) is 40.1 Å². The third-order valence-corrected chi connectivity index (χ3v) is 7.47. The molecule has 2 aromatic heterocycles. The lowest BCUT2D eigenvalue weighted by Gasteiger charge is -2.28. The van der Waals surface area contributed by atoms with Crippen molar-refractivity contribution in [2.75, 3.05) is 6.54 Å². The van der Waals surface area contributed by atoms with Crippen LogP contribution in [0.25, 0.3) is 11.3 Å². The topological polar surface area (TPSA) is 68.1 Å². The van der Waals surface area contributed by atoms with Crippen molar-refractivity contribution in [3.63, 3.8) is 0 Å². The second kappa shape index (κ2) is 9.23. The van der Waals surface area contributed by atoms with Gasteiger partial charge in [0, 0.05) is 42.3 Å². The molecule has 1 saturated carbocycles. The van der Waals surface area contributed by atoms with Crippen LogP contribution in [0.3, 0.4) is 0 Å². The van der Waals surface area contributed by atoms with Crippen LogP contribution >= 0.6 is 0 Å². The van der Waals surface area contributed by atoms with Crippen LogP contribution in [0.5, 0.6) is 0 Å². The summed E-state index contributed by atoms with van der Waals surface area (Å²) in [5.74, 6) is -1.93. The van der Waals surface area contributed by atoms with Crippen molar-refractivity contribution in [3.05, 3.63) is 72.2 Å². The first-order valence-electron chi connectivity index (χ1n) is 10.3. The van der Waals surface area contributed by atoms with Gasteiger partial charge in [0.15, 0.2) is 0 Å². The lowest BCUT2D eigenvalue weighted by atomic mass is 10.2. The summed E-state index contributed by atoms with van der Waals surface area (Å²) in [6.45, 7) is 0.591. The maximum atomic E-state index is 14.1. The smallest absolute Gasteiger partial charge is 0.218 e. The van der Waals surface area contributed by atoms with E-state index in [0.29, 0.717) is 6.54 Å². The third-order valence-electron chi connectivity index (χ3n) is 5.60. The summed E-state index contributed by atoms with van der Waals surface area (Å²) in [5.41, 5.74) is 1.55. The Hall–Kier alpha value is -2.65. The first-order chi connectivity index (χ1) is 14.9. The predicted octanol–water partition coefficient (Wildman–Crippen LogP) is 4.00. The van der Waals surface area contributed by atoms with E-state index in [-0.39, 0.29) is 18.2 Å². The van der Waals surface area contributed by atoms with E-state index in [4.69, 9.17) is 0 Å². The van der Waals surface area contributed by atoms with Gasteiger partial charge in [0.25, 0.3) is 0 Å². The van der Waals surface area contributed by atoms with Crippen LogP contribution in [-0.2, 0) is 22.3 Å². The molecule has 9 heteroatoms. The highest BCUT2D eigenvalue weighted by atomic mass is 32.2. The zero-order chi connectivity index (χ0) is 21.8. The maximum absolute atomic E-state index is 14.1. The van der Waals surface area contributed by atoms with E-state index in [1.807, 2.05) is 18.2 Å². The number of aromatic nitrogens is 3. The summed E-state index contributed by atoms with van der Waals surface area (Å²) in [5, 5.41) is 4.53. The molecular weight excluding hydrogens is 422 g/mol. The fourth-order valence-corrected chi connectivity index (χ4v) is 5.84. The molecule has 4 rings (SSSR count). The Balaban J connectivity index is 1.52. The van der Waals surface area contributed by atoms with Gasteiger partial charge in [-0.1, -0.05) is 12.8 Å². The molecule has 0 radical (unpaired) electrons. The zero-order valence-electron chi connectivity index (χ0n) is 17.0. The minimum absolute atomic E-state index is 0.128. The molecule has 0 spiro atoms. The number of nitrogens with zero attached hydrogens (tertiary/aromatic N) is 4. The first-order valence-corrected chi connectivity index (χ1v) is 11.9. The molecule has 1 aromatic carbocycles. The molecule has 6 nitrogen and oxygen atoms in total. The van der Waals surface area contributed by atoms with Crippen molar-refractivity contribution < 1.29 is 17.2 Å². The Morgan fingerprint density at radius 3 is 2.55 bits per heavy atom. The Morgan fingerprint density at radius 1 is 1.06 bits per heavy atom. The molecule has 0 unspecified atom stereocenters. The summed E-state index contributed by atoms with van der Waals surface area (Å²) < 4.78 is 57.2. The van der Waals surface area contributed by atoms with Gasteiger partial charge in [0.2, 0.25) is 10.0 Å². The quantitative estimate of drug-likeness (QED) is 0.525. The number of sulfonamides is 1. The maximum Gasteiger partial charge on any atom is 0.218 e. The fraction of sp³-hybridized carbons (Fsp3) is 0.364. The number of hydrogen-bond donors (Lipinski definition) is 0. The number of pyridine rings is 1. The molecule has 0 N–H and O–H groups in total. The van der Waals surface area contributed by atoms with E-state index in [1.54, 1.807) is 23.3 Å². The van der Waals surface area contributed by atoms with Gasteiger partial charge in [0.05, 0.1) is 18.0 Å². The molecule has 0 bridgehead atoms. The normalized spacial score (nSPS) is 15.1. The summed E-state index contributed by atoms with van der Waals surface area (Å²) in [6, 6.07) is 8.35. The minimum Gasteiger partial charge on any atom is -0.271 e. The molecule has 0 aliphatic heterocycles. The molecule has 1 fully saturated rings. The van der Waals surface area contributed by atoms with Crippen LogP contribution in [0.1, 0.15) is 31.2 Å². The van der Waals surface area contributed by atoms with Gasteiger partial charge in [0.1, 0.15) is 11.6 Å². The van der Waals surface area contributed by atoms with Crippen molar-refractivity contribution in [2.45, 2.75) is 44.0 Å². The molecule has 1 aliphatic carbocycles. The number of rotatable bonds is 8. The Labute approximate surface area is 180 Å². The Kier molecular flexibility index (Phi) is 6.43. The average molecular weight is 447 g/mol. The number of hydrogen-bond acceptors (Lipinski definition) is 4. The zero-order valence-corrected chi connectivity index (χ0v) is 17.8. The molecule has 0 saturated heterocycles. The summed E-state index contributed by atoms with van der Waals surface area (Å²) in [7, 11) is -3.84. The molecular formula is C22H24F2N4O2S. The highest BCUT2D eigenvalue weighted by Crippen LogP contribution is 2.28. The van der Waals surface area contributed by atoms with Gasteiger partial charge >= 0.3 is 0 Å². The second-order valence-electron chi connectivity index (χ2n) is 7.74. The molecule has 31 heavy (non-hydrogen) atoms. The molecule has 0 amide bonds. The minimum atomic E-state index is -3.84. The van der Waals surface area contributed by atoms with Crippen molar-refractivity contribution >= 4 is 10.0 Å². The number of benzene rings is 1. The summed E-state index contributed by atoms with van der Waals surface area (Å²) in [6.07, 6.45) is 8.64. The van der Waals surface area contributed by atoms with Crippen LogP contribution in [0.15, 0.2) is 55.0 Å². The van der Waals surface area contributed by atoms with Crippen molar-refractivity contribution in [3.8, 4) is 11.3 Å². The van der Waals surface area contributed by atoms with Gasteiger partial charge in [-0.15, -0.1) is 0 Å². The predicted molar refractivity (Wildman–Crippen MR) is 113 cm³/mol. The van der Waals surface area contributed by atoms with Crippen LogP contribution in [0.2, 0.25) is 0 Å². The second-order valence-corrected chi connectivity index (χ2v) is 9.66. The van der Waals surface area contributed by atoms with Crippen molar-refractivity contribution in [1.29, 1.82) is 0 Å². The van der Waals surface area contributed by atoms with Crippen molar-refractivity contribution in [1.82, 2.24) is 19.1 Å². The van der Waals surface area contributed by atoms with Crippen LogP contribution < -0.4 is 0 Å². The van der Waals surface area contributed by atoms with Gasteiger partial charge in [-0.3, -0.25) is 9.67 Å². The van der Waals surface area contributed by atoms with Crippen molar-refractivity contribution in [2.24, 2.45) is 0 Å². The van der Waals surface area contributed by atoms with E-state index in [1.165, 1.54) is 4.31 Å². The highest BCUT2D eigenvalue weighted by Gasteiger charge is 2.32. The van der Waals surface area contributed by atoms with E-state index in [9.17, 15) is 17.2 Å². The standard InChI is InChI=1S/C22H24F2N4O2S/c23-19-5-6-21(24)18(15-19)16-31(29,30)28(20-3-1-2-4-20)14-13-27-12-9-22(26-27)17-7-10-25-11-8-17/h5-12,15,20H,1-4,13-14,16H2. The Morgan fingerprint density at radius 2 is 1.81 bits per heavy atom. The molecule has 0 atom stereocenters. The summed E-state index contributed by atoms with van der Waals surface area (Å²) in [4.78, 5) is 4.00. The summed E-state index contributed by atoms with van der Waals surface area (Å²) >= 11 is 0. The van der Waals surface area contributed by atoms with Crippen LogP contribution in [0, 0.1) is 11.6 Å². The molecule has 2 heterocycles. The highest BCUT2D eigenvalue weighted by molar-refractivity contribution is 7.88. The fourth-order valence-electron chi connectivity index (χ4n) is 4.04. The van der Waals surface area contributed by atoms with Gasteiger partial charge in [-0.25, -0.2) is 17.2 Å². The van der Waals surface area contributed by atoms with E-state index in [0.717, 1.165) is 55.1 Å². The molecule has 164 valence electrons. The SMILES string of the molecule is O=S(=O)(Cc1cc(F)ccc1F)N(CCn1ccc(-c2ccncc2)n1)C1CCCC1. The lowest BCUT2D eigenvalue weighted by Crippen LogP contribution is -2.41.